The van der Waals surface area contributed by atoms with E-state index in [1.807, 2.05) is 31.4 Å². The molecule has 5 nitrogen and oxygen atoms in total. The maximum absolute atomic E-state index is 12.3. The fourth-order valence-electron chi connectivity index (χ4n) is 2.41. The quantitative estimate of drug-likeness (QED) is 0.623. The van der Waals surface area contributed by atoms with Crippen LogP contribution in [0.1, 0.15) is 12.0 Å². The molecule has 0 atom stereocenters. The summed E-state index contributed by atoms with van der Waals surface area (Å²) >= 11 is 2.98. The van der Waals surface area contributed by atoms with Crippen LogP contribution in [0.3, 0.4) is 0 Å². The van der Waals surface area contributed by atoms with Crippen LogP contribution < -0.4 is 5.32 Å². The lowest BCUT2D eigenvalue weighted by Gasteiger charge is -2.05. The molecule has 0 aliphatic carbocycles. The molecular weight excluding hydrogens is 388 g/mol. The lowest BCUT2D eigenvalue weighted by molar-refractivity contribution is -0.115. The Labute approximate surface area is 160 Å². The van der Waals surface area contributed by atoms with E-state index in [2.05, 4.69) is 10.3 Å². The number of fused-ring (bicyclic) bond motifs is 1. The van der Waals surface area contributed by atoms with Crippen molar-refractivity contribution in [3.63, 3.8) is 0 Å². The fourth-order valence-corrected chi connectivity index (χ4v) is 5.19. The van der Waals surface area contributed by atoms with Crippen LogP contribution in [0.5, 0.6) is 0 Å². The minimum absolute atomic E-state index is 0.110. The average molecular weight is 407 g/mol. The largest absolute Gasteiger partial charge is 0.302 e. The monoisotopic (exact) mass is 406 g/mol. The van der Waals surface area contributed by atoms with Crippen LogP contribution in [0.2, 0.25) is 0 Å². The van der Waals surface area contributed by atoms with Crippen LogP contribution in [0.4, 0.5) is 5.13 Å². The van der Waals surface area contributed by atoms with Gasteiger partial charge >= 0.3 is 0 Å². The standard InChI is InChI=1S/C18H18N2O3S3/c1-12-6-8-13(9-7-12)26(22,23)11-10-16(21)19-18-20-17-14(24-2)4-3-5-15(17)25-18/h3-9H,10-11H2,1-2H3,(H,19,20,21). The van der Waals surface area contributed by atoms with Crippen LogP contribution in [-0.2, 0) is 14.6 Å². The van der Waals surface area contributed by atoms with E-state index in [1.165, 1.54) is 11.3 Å². The number of nitrogens with one attached hydrogen (secondary N) is 1. The van der Waals surface area contributed by atoms with Crippen LogP contribution >= 0.6 is 23.1 Å². The number of thiazole rings is 1. The van der Waals surface area contributed by atoms with Gasteiger partial charge in [-0.25, -0.2) is 13.4 Å². The number of anilines is 1. The second-order valence-electron chi connectivity index (χ2n) is 5.76. The van der Waals surface area contributed by atoms with Gasteiger partial charge in [0, 0.05) is 11.3 Å². The Morgan fingerprint density at radius 3 is 2.62 bits per heavy atom. The molecule has 0 saturated carbocycles. The highest BCUT2D eigenvalue weighted by molar-refractivity contribution is 7.98. The molecule has 3 rings (SSSR count). The van der Waals surface area contributed by atoms with Gasteiger partial charge in [0.1, 0.15) is 0 Å². The van der Waals surface area contributed by atoms with Gasteiger partial charge in [0.2, 0.25) is 5.91 Å². The number of sulfone groups is 1. The first-order chi connectivity index (χ1) is 12.4. The zero-order chi connectivity index (χ0) is 18.7. The molecule has 1 amide bonds. The molecule has 0 radical (unpaired) electrons. The van der Waals surface area contributed by atoms with E-state index in [9.17, 15) is 13.2 Å². The molecular formula is C18H18N2O3S3. The van der Waals surface area contributed by atoms with E-state index in [4.69, 9.17) is 0 Å². The zero-order valence-corrected chi connectivity index (χ0v) is 16.8. The van der Waals surface area contributed by atoms with Gasteiger partial charge < -0.3 is 5.32 Å². The lowest BCUT2D eigenvalue weighted by atomic mass is 10.2. The molecule has 26 heavy (non-hydrogen) atoms. The summed E-state index contributed by atoms with van der Waals surface area (Å²) < 4.78 is 25.6. The third-order valence-electron chi connectivity index (χ3n) is 3.83. The SMILES string of the molecule is CSc1cccc2sc(NC(=O)CCS(=O)(=O)c3ccc(C)cc3)nc12. The van der Waals surface area contributed by atoms with Crippen molar-refractivity contribution >= 4 is 54.2 Å². The van der Waals surface area contributed by atoms with E-state index >= 15 is 0 Å². The van der Waals surface area contributed by atoms with Crippen molar-refractivity contribution in [3.8, 4) is 0 Å². The average Bonchev–Trinajstić information content (AvgIpc) is 3.02. The number of para-hydroxylation sites is 1. The van der Waals surface area contributed by atoms with Crippen molar-refractivity contribution in [2.24, 2.45) is 0 Å². The number of benzene rings is 2. The molecule has 0 aliphatic rings. The highest BCUT2D eigenvalue weighted by Crippen LogP contribution is 2.32. The number of nitrogens with zero attached hydrogens (tertiary/aromatic N) is 1. The van der Waals surface area contributed by atoms with Crippen LogP contribution in [0, 0.1) is 6.92 Å². The second-order valence-corrected chi connectivity index (χ2v) is 9.74. The third kappa shape index (κ3) is 4.25. The van der Waals surface area contributed by atoms with Crippen LogP contribution in [-0.4, -0.2) is 31.3 Å². The first kappa shape index (κ1) is 18.9. The van der Waals surface area contributed by atoms with Gasteiger partial charge in [-0.3, -0.25) is 4.79 Å². The smallest absolute Gasteiger partial charge is 0.227 e. The second kappa shape index (κ2) is 7.77. The van der Waals surface area contributed by atoms with E-state index in [0.717, 1.165) is 20.7 Å². The fraction of sp³-hybridized carbons (Fsp3) is 0.222. The summed E-state index contributed by atoms with van der Waals surface area (Å²) in [4.78, 5) is 17.9. The summed E-state index contributed by atoms with van der Waals surface area (Å²) in [6.45, 7) is 1.89. The number of rotatable bonds is 6. The molecule has 0 spiro atoms. The number of thioether (sulfide) groups is 1. The normalized spacial score (nSPS) is 11.6. The zero-order valence-electron chi connectivity index (χ0n) is 14.4. The highest BCUT2D eigenvalue weighted by Gasteiger charge is 2.17. The van der Waals surface area contributed by atoms with Crippen LogP contribution in [0.25, 0.3) is 10.2 Å². The number of carbonyl (C=O) groups is 1. The Balaban J connectivity index is 1.66. The van der Waals surface area contributed by atoms with Gasteiger partial charge in [-0.1, -0.05) is 35.1 Å². The summed E-state index contributed by atoms with van der Waals surface area (Å²) in [5.74, 6) is -0.589. The van der Waals surface area contributed by atoms with Crippen molar-refractivity contribution in [1.29, 1.82) is 0 Å². The first-order valence-corrected chi connectivity index (χ1v) is 11.6. The van der Waals surface area contributed by atoms with Gasteiger partial charge in [0.25, 0.3) is 0 Å². The Hall–Kier alpha value is -1.90. The van der Waals surface area contributed by atoms with Gasteiger partial charge in [-0.15, -0.1) is 11.8 Å². The minimum atomic E-state index is -3.48. The summed E-state index contributed by atoms with van der Waals surface area (Å²) in [5.41, 5.74) is 1.84. The molecule has 0 unspecified atom stereocenters. The number of hydrogen-bond acceptors (Lipinski definition) is 6. The molecule has 2 aromatic carbocycles. The molecule has 1 heterocycles. The Morgan fingerprint density at radius 1 is 1.19 bits per heavy atom. The molecule has 136 valence electrons. The molecule has 0 bridgehead atoms. The molecule has 1 aromatic heterocycles. The number of aromatic nitrogens is 1. The maximum atomic E-state index is 12.3. The van der Waals surface area contributed by atoms with Gasteiger partial charge in [-0.05, 0) is 37.4 Å². The predicted molar refractivity (Wildman–Crippen MR) is 108 cm³/mol. The maximum Gasteiger partial charge on any atom is 0.227 e. The topological polar surface area (TPSA) is 76.1 Å². The first-order valence-electron chi connectivity index (χ1n) is 7.92. The summed E-state index contributed by atoms with van der Waals surface area (Å²) in [5, 5.41) is 3.20. The number of carbonyl (C=O) groups excluding carboxylic acids is 1. The number of amides is 1. The van der Waals surface area contributed by atoms with Gasteiger partial charge in [0.05, 0.1) is 20.9 Å². The molecule has 0 aliphatic heterocycles. The highest BCUT2D eigenvalue weighted by atomic mass is 32.2. The Morgan fingerprint density at radius 2 is 1.92 bits per heavy atom. The molecule has 8 heteroatoms. The van der Waals surface area contributed by atoms with Crippen molar-refractivity contribution in [1.82, 2.24) is 4.98 Å². The lowest BCUT2D eigenvalue weighted by Crippen LogP contribution is -2.17. The molecule has 0 fully saturated rings. The van der Waals surface area contributed by atoms with E-state index in [0.29, 0.717) is 5.13 Å². The van der Waals surface area contributed by atoms with E-state index in [1.54, 1.807) is 36.0 Å². The van der Waals surface area contributed by atoms with Gasteiger partial charge in [-0.2, -0.15) is 0 Å². The molecule has 0 saturated heterocycles. The van der Waals surface area contributed by atoms with E-state index in [-0.39, 0.29) is 23.0 Å². The van der Waals surface area contributed by atoms with Crippen molar-refractivity contribution < 1.29 is 13.2 Å². The number of aryl methyl sites for hydroxylation is 1. The van der Waals surface area contributed by atoms with Crippen molar-refractivity contribution in [3.05, 3.63) is 48.0 Å². The van der Waals surface area contributed by atoms with Gasteiger partial charge in [0.15, 0.2) is 15.0 Å². The Bertz CT molecular complexity index is 1040. The van der Waals surface area contributed by atoms with Crippen molar-refractivity contribution in [2.45, 2.75) is 23.1 Å². The third-order valence-corrected chi connectivity index (χ3v) is 7.26. The number of hydrogen-bond donors (Lipinski definition) is 1. The predicted octanol–water partition coefficient (Wildman–Crippen LogP) is 4.13. The Kier molecular flexibility index (Phi) is 5.64. The molecule has 3 aromatic rings. The van der Waals surface area contributed by atoms with Crippen LogP contribution in [0.15, 0.2) is 52.3 Å². The molecule has 1 N–H and O–H groups in total. The van der Waals surface area contributed by atoms with Crippen molar-refractivity contribution in [2.75, 3.05) is 17.3 Å². The minimum Gasteiger partial charge on any atom is -0.302 e. The summed E-state index contributed by atoms with van der Waals surface area (Å²) in [6.07, 6.45) is 1.86. The van der Waals surface area contributed by atoms with E-state index < -0.39 is 9.84 Å². The summed E-state index contributed by atoms with van der Waals surface area (Å²) in [6, 6.07) is 12.5. The summed E-state index contributed by atoms with van der Waals surface area (Å²) in [7, 11) is -3.48.